The summed E-state index contributed by atoms with van der Waals surface area (Å²) in [5, 5.41) is 10.2. The maximum absolute atomic E-state index is 10.2. The van der Waals surface area contributed by atoms with Gasteiger partial charge in [0.2, 0.25) is 0 Å². The molecule has 0 amide bonds. The van der Waals surface area contributed by atoms with E-state index in [1.807, 2.05) is 0 Å². The molecule has 0 spiro atoms. The molecule has 1 aliphatic heterocycles. The molecule has 2 nitrogen and oxygen atoms in total. The Labute approximate surface area is 141 Å². The third-order valence-corrected chi connectivity index (χ3v) is 5.80. The van der Waals surface area contributed by atoms with E-state index < -0.39 is 5.60 Å². The second kappa shape index (κ2) is 6.32. The number of rotatable bonds is 4. The molecule has 0 saturated heterocycles. The molecule has 1 fully saturated rings. The van der Waals surface area contributed by atoms with Crippen molar-refractivity contribution in [3.8, 4) is 0 Å². The van der Waals surface area contributed by atoms with Gasteiger partial charge in [-0.1, -0.05) is 37.8 Å². The van der Waals surface area contributed by atoms with Crippen LogP contribution in [0.25, 0.3) is 0 Å². The molecule has 0 aromatic rings. The first-order valence-electron chi connectivity index (χ1n) is 8.66. The highest BCUT2D eigenvalue weighted by Crippen LogP contribution is 2.50. The van der Waals surface area contributed by atoms with E-state index in [0.29, 0.717) is 11.8 Å². The maximum atomic E-state index is 10.2. The van der Waals surface area contributed by atoms with Crippen molar-refractivity contribution in [3.05, 3.63) is 48.8 Å². The summed E-state index contributed by atoms with van der Waals surface area (Å²) in [6.07, 6.45) is 8.16. The highest BCUT2D eigenvalue weighted by atomic mass is 16.5. The lowest BCUT2D eigenvalue weighted by Gasteiger charge is -2.45. The van der Waals surface area contributed by atoms with Gasteiger partial charge in [-0.25, -0.2) is 0 Å². The molecule has 0 radical (unpaired) electrons. The average molecular weight is 316 g/mol. The van der Waals surface area contributed by atoms with Crippen LogP contribution in [0.3, 0.4) is 0 Å². The van der Waals surface area contributed by atoms with Crippen LogP contribution in [0.2, 0.25) is 0 Å². The molecule has 1 N–H and O–H groups in total. The van der Waals surface area contributed by atoms with E-state index in [1.54, 1.807) is 13.8 Å². The maximum Gasteiger partial charge on any atom is 0.130 e. The molecule has 2 aliphatic rings. The van der Waals surface area contributed by atoms with Crippen LogP contribution in [-0.2, 0) is 4.74 Å². The molecular formula is C21H32O2. The molecular weight excluding hydrogens is 284 g/mol. The second-order valence-corrected chi connectivity index (χ2v) is 8.16. The zero-order valence-corrected chi connectivity index (χ0v) is 15.2. The summed E-state index contributed by atoms with van der Waals surface area (Å²) in [5.74, 6) is 1.63. The van der Waals surface area contributed by atoms with E-state index in [9.17, 15) is 5.11 Å². The van der Waals surface area contributed by atoms with Crippen LogP contribution in [0.1, 0.15) is 53.4 Å². The van der Waals surface area contributed by atoms with Gasteiger partial charge in [0.1, 0.15) is 11.9 Å². The minimum Gasteiger partial charge on any atom is -0.487 e. The normalized spacial score (nSPS) is 35.3. The molecule has 2 heteroatoms. The van der Waals surface area contributed by atoms with Gasteiger partial charge in [-0.15, -0.1) is 6.58 Å². The fourth-order valence-electron chi connectivity index (χ4n) is 4.08. The SMILES string of the molecule is C=CC1(C)CCC(C2=CCC(C(C)(C)O)OC2=C)CC1C(=C)C. The Balaban J connectivity index is 2.17. The molecule has 0 bridgehead atoms. The minimum atomic E-state index is -0.848. The molecule has 1 heterocycles. The lowest BCUT2D eigenvalue weighted by molar-refractivity contribution is -0.0647. The van der Waals surface area contributed by atoms with Gasteiger partial charge < -0.3 is 9.84 Å². The Morgan fingerprint density at radius 2 is 2.13 bits per heavy atom. The van der Waals surface area contributed by atoms with E-state index >= 15 is 0 Å². The van der Waals surface area contributed by atoms with Crippen molar-refractivity contribution in [2.24, 2.45) is 17.3 Å². The summed E-state index contributed by atoms with van der Waals surface area (Å²) < 4.78 is 5.94. The van der Waals surface area contributed by atoms with Gasteiger partial charge in [0, 0.05) is 6.42 Å². The number of hydrogen-bond donors (Lipinski definition) is 1. The first-order chi connectivity index (χ1) is 10.6. The number of ether oxygens (including phenoxy) is 1. The van der Waals surface area contributed by atoms with Crippen LogP contribution in [0.15, 0.2) is 48.8 Å². The van der Waals surface area contributed by atoms with Gasteiger partial charge in [0.05, 0.1) is 5.60 Å². The van der Waals surface area contributed by atoms with Crippen molar-refractivity contribution < 1.29 is 9.84 Å². The van der Waals surface area contributed by atoms with Crippen LogP contribution >= 0.6 is 0 Å². The first-order valence-corrected chi connectivity index (χ1v) is 8.66. The largest absolute Gasteiger partial charge is 0.487 e. The van der Waals surface area contributed by atoms with Crippen LogP contribution in [0, 0.1) is 17.3 Å². The van der Waals surface area contributed by atoms with Gasteiger partial charge in [-0.2, -0.15) is 0 Å². The van der Waals surface area contributed by atoms with Crippen molar-refractivity contribution in [2.45, 2.75) is 65.1 Å². The van der Waals surface area contributed by atoms with E-state index in [2.05, 4.69) is 45.7 Å². The summed E-state index contributed by atoms with van der Waals surface area (Å²) in [6, 6.07) is 0. The predicted molar refractivity (Wildman–Crippen MR) is 97.0 cm³/mol. The summed E-state index contributed by atoms with van der Waals surface area (Å²) >= 11 is 0. The van der Waals surface area contributed by atoms with Crippen LogP contribution in [0.5, 0.6) is 0 Å². The van der Waals surface area contributed by atoms with Crippen molar-refractivity contribution in [1.29, 1.82) is 0 Å². The van der Waals surface area contributed by atoms with Crippen LogP contribution in [0.4, 0.5) is 0 Å². The Hall–Kier alpha value is -1.28. The van der Waals surface area contributed by atoms with E-state index in [1.165, 1.54) is 11.1 Å². The fraction of sp³-hybridized carbons (Fsp3) is 0.619. The molecule has 4 unspecified atom stereocenters. The standard InChI is InChI=1S/C21H32O2/c1-8-21(7)12-11-16(13-18(21)14(2)3)17-9-10-19(20(5,6)22)23-15(17)4/h8-9,16,18-19,22H,1-2,4,10-13H2,3,5-7H3. The monoisotopic (exact) mass is 316 g/mol. The predicted octanol–water partition coefficient (Wildman–Crippen LogP) is 5.17. The van der Waals surface area contributed by atoms with Crippen molar-refractivity contribution in [2.75, 3.05) is 0 Å². The minimum absolute atomic E-state index is 0.134. The molecule has 23 heavy (non-hydrogen) atoms. The summed E-state index contributed by atoms with van der Waals surface area (Å²) in [5.41, 5.74) is 1.74. The Kier molecular flexibility index (Phi) is 4.96. The summed E-state index contributed by atoms with van der Waals surface area (Å²) in [4.78, 5) is 0. The highest BCUT2D eigenvalue weighted by molar-refractivity contribution is 5.31. The zero-order chi connectivity index (χ0) is 17.4. The Morgan fingerprint density at radius 1 is 1.48 bits per heavy atom. The van der Waals surface area contributed by atoms with Crippen LogP contribution < -0.4 is 0 Å². The first kappa shape index (κ1) is 18.1. The van der Waals surface area contributed by atoms with E-state index in [0.717, 1.165) is 31.4 Å². The third-order valence-electron chi connectivity index (χ3n) is 5.80. The number of hydrogen-bond acceptors (Lipinski definition) is 2. The molecule has 1 aliphatic carbocycles. The topological polar surface area (TPSA) is 29.5 Å². The lowest BCUT2D eigenvalue weighted by Crippen LogP contribution is -2.40. The Bertz CT molecular complexity index is 535. The summed E-state index contributed by atoms with van der Waals surface area (Å²) in [6.45, 7) is 20.4. The van der Waals surface area contributed by atoms with Gasteiger partial charge >= 0.3 is 0 Å². The molecule has 0 aromatic carbocycles. The molecule has 0 aromatic heterocycles. The zero-order valence-electron chi connectivity index (χ0n) is 15.2. The fourth-order valence-corrected chi connectivity index (χ4v) is 4.08. The number of aliphatic hydroxyl groups is 1. The van der Waals surface area contributed by atoms with Gasteiger partial charge in [0.15, 0.2) is 0 Å². The molecule has 2 rings (SSSR count). The van der Waals surface area contributed by atoms with Crippen LogP contribution in [-0.4, -0.2) is 16.8 Å². The van der Waals surface area contributed by atoms with Gasteiger partial charge in [-0.3, -0.25) is 0 Å². The van der Waals surface area contributed by atoms with E-state index in [-0.39, 0.29) is 11.5 Å². The van der Waals surface area contributed by atoms with Crippen molar-refractivity contribution in [3.63, 3.8) is 0 Å². The smallest absolute Gasteiger partial charge is 0.130 e. The third kappa shape index (κ3) is 3.63. The van der Waals surface area contributed by atoms with E-state index in [4.69, 9.17) is 4.74 Å². The lowest BCUT2D eigenvalue weighted by atomic mass is 9.61. The molecule has 128 valence electrons. The summed E-state index contributed by atoms with van der Waals surface area (Å²) in [7, 11) is 0. The quantitative estimate of drug-likeness (QED) is 0.725. The Morgan fingerprint density at radius 3 is 2.61 bits per heavy atom. The molecule has 4 atom stereocenters. The molecule has 1 saturated carbocycles. The van der Waals surface area contributed by atoms with Crippen molar-refractivity contribution >= 4 is 0 Å². The average Bonchev–Trinajstić information content (AvgIpc) is 2.46. The number of allylic oxidation sites excluding steroid dienone is 3. The van der Waals surface area contributed by atoms with Gasteiger partial charge in [0.25, 0.3) is 0 Å². The second-order valence-electron chi connectivity index (χ2n) is 8.16. The van der Waals surface area contributed by atoms with Gasteiger partial charge in [-0.05, 0) is 62.9 Å². The highest BCUT2D eigenvalue weighted by Gasteiger charge is 2.41. The van der Waals surface area contributed by atoms with Crippen molar-refractivity contribution in [1.82, 2.24) is 0 Å².